The maximum atomic E-state index is 3.55. The van der Waals surface area contributed by atoms with Crippen LogP contribution >= 0.6 is 0 Å². The second-order valence-electron chi connectivity index (χ2n) is 3.62. The molecular formula is C12H15N. The van der Waals surface area contributed by atoms with Crippen LogP contribution in [0.2, 0.25) is 0 Å². The quantitative estimate of drug-likeness (QED) is 0.644. The van der Waals surface area contributed by atoms with E-state index < -0.39 is 0 Å². The molecule has 0 saturated carbocycles. The van der Waals surface area contributed by atoms with Crippen LogP contribution in [0.3, 0.4) is 0 Å². The fourth-order valence-corrected chi connectivity index (χ4v) is 1.72. The van der Waals surface area contributed by atoms with Gasteiger partial charge in [-0.05, 0) is 18.9 Å². The van der Waals surface area contributed by atoms with Gasteiger partial charge in [-0.3, -0.25) is 0 Å². The largest absolute Gasteiger partial charge is 0.304 e. The third-order valence-corrected chi connectivity index (χ3v) is 2.44. The molecule has 0 aliphatic carbocycles. The highest BCUT2D eigenvalue weighted by Gasteiger charge is 2.13. The summed E-state index contributed by atoms with van der Waals surface area (Å²) < 4.78 is 0. The van der Waals surface area contributed by atoms with Crippen LogP contribution in [0, 0.1) is 0 Å². The first-order chi connectivity index (χ1) is 6.36. The van der Waals surface area contributed by atoms with Gasteiger partial charge in [0, 0.05) is 6.04 Å². The van der Waals surface area contributed by atoms with Crippen LogP contribution in [-0.4, -0.2) is 6.04 Å². The Morgan fingerprint density at radius 2 is 2.00 bits per heavy atom. The average molecular weight is 173 g/mol. The Balaban J connectivity index is 2.18. The molecule has 0 fully saturated rings. The lowest BCUT2D eigenvalue weighted by molar-refractivity contribution is 0.489. The molecule has 1 heterocycles. The zero-order valence-corrected chi connectivity index (χ0v) is 7.90. The Morgan fingerprint density at radius 3 is 2.69 bits per heavy atom. The van der Waals surface area contributed by atoms with Gasteiger partial charge < -0.3 is 5.32 Å². The van der Waals surface area contributed by atoms with Crippen molar-refractivity contribution in [2.75, 3.05) is 0 Å². The van der Waals surface area contributed by atoms with Crippen molar-refractivity contribution in [2.24, 2.45) is 0 Å². The van der Waals surface area contributed by atoms with E-state index in [1.165, 1.54) is 5.56 Å². The van der Waals surface area contributed by atoms with Gasteiger partial charge in [0.25, 0.3) is 0 Å². The highest BCUT2D eigenvalue weighted by atomic mass is 14.9. The van der Waals surface area contributed by atoms with E-state index in [0.717, 1.165) is 6.42 Å². The van der Waals surface area contributed by atoms with Crippen molar-refractivity contribution in [3.63, 3.8) is 0 Å². The molecule has 0 bridgehead atoms. The molecule has 13 heavy (non-hydrogen) atoms. The molecule has 1 aromatic carbocycles. The Labute approximate surface area is 79.5 Å². The van der Waals surface area contributed by atoms with Gasteiger partial charge in [0.2, 0.25) is 0 Å². The van der Waals surface area contributed by atoms with Crippen molar-refractivity contribution in [2.45, 2.75) is 25.4 Å². The topological polar surface area (TPSA) is 12.0 Å². The summed E-state index contributed by atoms with van der Waals surface area (Å²) >= 11 is 0. The molecule has 0 spiro atoms. The van der Waals surface area contributed by atoms with E-state index in [2.05, 4.69) is 54.7 Å². The van der Waals surface area contributed by atoms with Gasteiger partial charge in [0.15, 0.2) is 0 Å². The Bertz CT molecular complexity index is 289. The zero-order valence-electron chi connectivity index (χ0n) is 7.90. The maximum Gasteiger partial charge on any atom is 0.0508 e. The fraction of sp³-hybridized carbons (Fsp3) is 0.333. The van der Waals surface area contributed by atoms with Crippen molar-refractivity contribution in [1.29, 1.82) is 0 Å². The van der Waals surface area contributed by atoms with Crippen molar-refractivity contribution in [1.82, 2.24) is 5.32 Å². The number of hydrogen-bond donors (Lipinski definition) is 1. The minimum Gasteiger partial charge on any atom is -0.304 e. The molecule has 1 nitrogen and oxygen atoms in total. The summed E-state index contributed by atoms with van der Waals surface area (Å²) in [6.45, 7) is 2.22. The SMILES string of the molecule is C[C@H]1CC=C[C@@H](c2ccccc2)N1. The molecule has 0 saturated heterocycles. The van der Waals surface area contributed by atoms with Crippen molar-refractivity contribution >= 4 is 0 Å². The zero-order chi connectivity index (χ0) is 9.10. The highest BCUT2D eigenvalue weighted by Crippen LogP contribution is 2.19. The number of rotatable bonds is 1. The van der Waals surface area contributed by atoms with Crippen molar-refractivity contribution in [3.8, 4) is 0 Å². The van der Waals surface area contributed by atoms with Crippen molar-refractivity contribution in [3.05, 3.63) is 48.0 Å². The maximum absolute atomic E-state index is 3.55. The first kappa shape index (κ1) is 8.52. The van der Waals surface area contributed by atoms with E-state index in [0.29, 0.717) is 12.1 Å². The molecule has 2 rings (SSSR count). The molecule has 0 amide bonds. The molecule has 1 heteroatoms. The Kier molecular flexibility index (Phi) is 2.46. The highest BCUT2D eigenvalue weighted by molar-refractivity contribution is 5.24. The van der Waals surface area contributed by atoms with Crippen LogP contribution in [0.1, 0.15) is 24.9 Å². The van der Waals surface area contributed by atoms with Crippen molar-refractivity contribution < 1.29 is 0 Å². The molecule has 0 radical (unpaired) electrons. The van der Waals surface area contributed by atoms with Gasteiger partial charge >= 0.3 is 0 Å². The van der Waals surface area contributed by atoms with E-state index in [-0.39, 0.29) is 0 Å². The molecular weight excluding hydrogens is 158 g/mol. The monoisotopic (exact) mass is 173 g/mol. The van der Waals surface area contributed by atoms with Gasteiger partial charge in [0.1, 0.15) is 0 Å². The van der Waals surface area contributed by atoms with E-state index >= 15 is 0 Å². The first-order valence-electron chi connectivity index (χ1n) is 4.84. The first-order valence-corrected chi connectivity index (χ1v) is 4.84. The average Bonchev–Trinajstić information content (AvgIpc) is 2.19. The summed E-state index contributed by atoms with van der Waals surface area (Å²) in [4.78, 5) is 0. The molecule has 2 atom stereocenters. The minimum atomic E-state index is 0.407. The van der Waals surface area contributed by atoms with Crippen LogP contribution < -0.4 is 5.32 Å². The summed E-state index contributed by atoms with van der Waals surface area (Å²) in [7, 11) is 0. The molecule has 1 aliphatic rings. The second-order valence-corrected chi connectivity index (χ2v) is 3.62. The predicted octanol–water partition coefficient (Wildman–Crippen LogP) is 2.67. The second kappa shape index (κ2) is 3.75. The van der Waals surface area contributed by atoms with Gasteiger partial charge in [-0.2, -0.15) is 0 Å². The van der Waals surface area contributed by atoms with E-state index in [9.17, 15) is 0 Å². The molecule has 1 aliphatic heterocycles. The normalized spacial score (nSPS) is 27.5. The van der Waals surface area contributed by atoms with Gasteiger partial charge in [-0.15, -0.1) is 0 Å². The lowest BCUT2D eigenvalue weighted by atomic mass is 10.0. The van der Waals surface area contributed by atoms with Crippen LogP contribution in [0.4, 0.5) is 0 Å². The molecule has 1 aromatic rings. The lowest BCUT2D eigenvalue weighted by Crippen LogP contribution is -2.31. The van der Waals surface area contributed by atoms with Crippen LogP contribution in [-0.2, 0) is 0 Å². The fourth-order valence-electron chi connectivity index (χ4n) is 1.72. The van der Waals surface area contributed by atoms with Crippen LogP contribution in [0.15, 0.2) is 42.5 Å². The third kappa shape index (κ3) is 1.99. The lowest BCUT2D eigenvalue weighted by Gasteiger charge is -2.24. The van der Waals surface area contributed by atoms with E-state index in [1.54, 1.807) is 0 Å². The van der Waals surface area contributed by atoms with Gasteiger partial charge in [0.05, 0.1) is 6.04 Å². The van der Waals surface area contributed by atoms with Crippen LogP contribution in [0.5, 0.6) is 0 Å². The third-order valence-electron chi connectivity index (χ3n) is 2.44. The minimum absolute atomic E-state index is 0.407. The van der Waals surface area contributed by atoms with Gasteiger partial charge in [-0.1, -0.05) is 42.5 Å². The molecule has 0 unspecified atom stereocenters. The molecule has 1 N–H and O–H groups in total. The Hall–Kier alpha value is -1.08. The van der Waals surface area contributed by atoms with Crippen LogP contribution in [0.25, 0.3) is 0 Å². The summed E-state index contributed by atoms with van der Waals surface area (Å²) in [5.74, 6) is 0. The predicted molar refractivity (Wildman–Crippen MR) is 55.5 cm³/mol. The number of hydrogen-bond acceptors (Lipinski definition) is 1. The summed E-state index contributed by atoms with van der Waals surface area (Å²) in [6, 6.07) is 11.6. The summed E-state index contributed by atoms with van der Waals surface area (Å²) in [5, 5.41) is 3.55. The Morgan fingerprint density at radius 1 is 1.23 bits per heavy atom. The summed E-state index contributed by atoms with van der Waals surface area (Å²) in [6.07, 6.45) is 5.65. The van der Waals surface area contributed by atoms with E-state index in [4.69, 9.17) is 0 Å². The van der Waals surface area contributed by atoms with Gasteiger partial charge in [-0.25, -0.2) is 0 Å². The standard InChI is InChI=1S/C12H15N/c1-10-6-5-9-12(13-10)11-7-3-2-4-8-11/h2-5,7-10,12-13H,6H2,1H3/t10-,12-/m0/s1. The molecule has 0 aromatic heterocycles. The number of benzene rings is 1. The summed E-state index contributed by atoms with van der Waals surface area (Å²) in [5.41, 5.74) is 1.35. The van der Waals surface area contributed by atoms with E-state index in [1.807, 2.05) is 0 Å². The smallest absolute Gasteiger partial charge is 0.0508 e. The number of nitrogens with one attached hydrogen (secondary N) is 1. The molecule has 68 valence electrons.